The van der Waals surface area contributed by atoms with E-state index < -0.39 is 0 Å². The lowest BCUT2D eigenvalue weighted by Crippen LogP contribution is -1.88. The van der Waals surface area contributed by atoms with Gasteiger partial charge >= 0.3 is 0 Å². The van der Waals surface area contributed by atoms with Crippen LogP contribution in [0.2, 0.25) is 0 Å². The van der Waals surface area contributed by atoms with Gasteiger partial charge in [-0.25, -0.2) is 0 Å². The van der Waals surface area contributed by atoms with Crippen LogP contribution in [0.25, 0.3) is 34.1 Å². The first kappa shape index (κ1) is 16.8. The molecule has 0 spiro atoms. The van der Waals surface area contributed by atoms with E-state index in [1.54, 1.807) is 0 Å². The van der Waals surface area contributed by atoms with E-state index in [-0.39, 0.29) is 0 Å². The number of fused-ring (bicyclic) bond motifs is 1. The number of allylic oxidation sites excluding steroid dienone is 1. The van der Waals surface area contributed by atoms with Crippen molar-refractivity contribution in [2.24, 2.45) is 0 Å². The fourth-order valence-corrected chi connectivity index (χ4v) is 3.97. The molecule has 0 aliphatic heterocycles. The summed E-state index contributed by atoms with van der Waals surface area (Å²) in [7, 11) is 0. The van der Waals surface area contributed by atoms with Crippen LogP contribution in [0.5, 0.6) is 0 Å². The molecular weight excluding hydrogens is 340 g/mol. The van der Waals surface area contributed by atoms with Crippen molar-refractivity contribution in [2.45, 2.75) is 19.8 Å². The van der Waals surface area contributed by atoms with E-state index in [2.05, 4.69) is 79.7 Å². The first-order chi connectivity index (χ1) is 13.8. The van der Waals surface area contributed by atoms with Gasteiger partial charge in [-0.1, -0.05) is 79.7 Å². The SMILES string of the molecule is CCc1ccc(-c2cccc3c2C=C(c2ccc(-c4ccccc4)o2)C3)cc1. The Hall–Kier alpha value is -3.32. The summed E-state index contributed by atoms with van der Waals surface area (Å²) >= 11 is 0. The fourth-order valence-electron chi connectivity index (χ4n) is 3.97. The van der Waals surface area contributed by atoms with Gasteiger partial charge in [-0.15, -0.1) is 0 Å². The number of rotatable bonds is 4. The minimum Gasteiger partial charge on any atom is -0.456 e. The van der Waals surface area contributed by atoms with E-state index in [4.69, 9.17) is 4.42 Å². The second-order valence-electron chi connectivity index (χ2n) is 7.31. The van der Waals surface area contributed by atoms with Gasteiger partial charge in [-0.3, -0.25) is 0 Å². The molecule has 1 nitrogen and oxygen atoms in total. The van der Waals surface area contributed by atoms with Crippen molar-refractivity contribution >= 4 is 11.6 Å². The maximum atomic E-state index is 6.19. The van der Waals surface area contributed by atoms with E-state index >= 15 is 0 Å². The monoisotopic (exact) mass is 362 g/mol. The van der Waals surface area contributed by atoms with E-state index in [1.807, 2.05) is 18.2 Å². The first-order valence-corrected chi connectivity index (χ1v) is 9.89. The topological polar surface area (TPSA) is 13.1 Å². The summed E-state index contributed by atoms with van der Waals surface area (Å²) in [5.74, 6) is 1.88. The number of aryl methyl sites for hydroxylation is 1. The minimum absolute atomic E-state index is 0.915. The molecule has 1 heteroatoms. The van der Waals surface area contributed by atoms with E-state index in [1.165, 1.54) is 33.4 Å². The molecule has 1 aliphatic rings. The molecule has 0 amide bonds. The Bertz CT molecular complexity index is 1140. The van der Waals surface area contributed by atoms with E-state index in [9.17, 15) is 0 Å². The third-order valence-corrected chi connectivity index (χ3v) is 5.55. The van der Waals surface area contributed by atoms with Gasteiger partial charge in [0, 0.05) is 12.0 Å². The molecule has 0 atom stereocenters. The lowest BCUT2D eigenvalue weighted by Gasteiger charge is -2.08. The average molecular weight is 362 g/mol. The lowest BCUT2D eigenvalue weighted by atomic mass is 9.96. The average Bonchev–Trinajstić information content (AvgIpc) is 3.41. The quantitative estimate of drug-likeness (QED) is 0.372. The number of furan rings is 1. The summed E-state index contributed by atoms with van der Waals surface area (Å²) in [4.78, 5) is 0. The van der Waals surface area contributed by atoms with Crippen molar-refractivity contribution < 1.29 is 4.42 Å². The number of hydrogen-bond acceptors (Lipinski definition) is 1. The van der Waals surface area contributed by atoms with Crippen LogP contribution < -0.4 is 0 Å². The van der Waals surface area contributed by atoms with Crippen molar-refractivity contribution in [3.63, 3.8) is 0 Å². The van der Waals surface area contributed by atoms with Crippen LogP contribution in [0.4, 0.5) is 0 Å². The van der Waals surface area contributed by atoms with Crippen molar-refractivity contribution in [3.8, 4) is 22.5 Å². The molecule has 0 radical (unpaired) electrons. The van der Waals surface area contributed by atoms with Gasteiger partial charge in [0.25, 0.3) is 0 Å². The summed E-state index contributed by atoms with van der Waals surface area (Å²) in [5, 5.41) is 0. The molecule has 0 saturated carbocycles. The van der Waals surface area contributed by atoms with Gasteiger partial charge in [0.05, 0.1) is 0 Å². The normalized spacial score (nSPS) is 12.7. The van der Waals surface area contributed by atoms with Crippen molar-refractivity contribution in [2.75, 3.05) is 0 Å². The highest BCUT2D eigenvalue weighted by Crippen LogP contribution is 2.39. The third-order valence-electron chi connectivity index (χ3n) is 5.55. The Morgan fingerprint density at radius 1 is 0.714 bits per heavy atom. The highest BCUT2D eigenvalue weighted by Gasteiger charge is 2.20. The molecule has 136 valence electrons. The van der Waals surface area contributed by atoms with Crippen LogP contribution >= 0.6 is 0 Å². The molecule has 0 bridgehead atoms. The summed E-state index contributed by atoms with van der Waals surface area (Å²) in [6.07, 6.45) is 4.28. The van der Waals surface area contributed by atoms with Crippen molar-refractivity contribution in [1.82, 2.24) is 0 Å². The molecule has 0 fully saturated rings. The van der Waals surface area contributed by atoms with Crippen LogP contribution in [0.15, 0.2) is 89.3 Å². The summed E-state index contributed by atoms with van der Waals surface area (Å²) in [6, 6.07) is 30.0. The van der Waals surface area contributed by atoms with Gasteiger partial charge in [0.2, 0.25) is 0 Å². The van der Waals surface area contributed by atoms with Gasteiger partial charge in [0.1, 0.15) is 11.5 Å². The zero-order valence-corrected chi connectivity index (χ0v) is 16.0. The molecule has 0 N–H and O–H groups in total. The Labute approximate surface area is 166 Å². The lowest BCUT2D eigenvalue weighted by molar-refractivity contribution is 0.566. The number of hydrogen-bond donors (Lipinski definition) is 0. The predicted octanol–water partition coefficient (Wildman–Crippen LogP) is 7.27. The Kier molecular flexibility index (Phi) is 4.21. The minimum atomic E-state index is 0.915. The standard InChI is InChI=1S/C27H22O/c1-2-19-11-13-20(14-12-19)24-10-6-9-22-17-23(18-25(22)24)27-16-15-26(28-27)21-7-4-3-5-8-21/h3-16,18H,2,17H2,1H3. The first-order valence-electron chi connectivity index (χ1n) is 9.89. The molecule has 4 aromatic rings. The smallest absolute Gasteiger partial charge is 0.134 e. The second-order valence-corrected chi connectivity index (χ2v) is 7.31. The highest BCUT2D eigenvalue weighted by atomic mass is 16.3. The summed E-state index contributed by atoms with van der Waals surface area (Å²) in [5.41, 5.74) is 8.98. The Balaban J connectivity index is 1.50. The fraction of sp³-hybridized carbons (Fsp3) is 0.111. The van der Waals surface area contributed by atoms with Crippen LogP contribution in [0, 0.1) is 0 Å². The van der Waals surface area contributed by atoms with Crippen LogP contribution in [-0.4, -0.2) is 0 Å². The number of benzene rings is 3. The molecule has 28 heavy (non-hydrogen) atoms. The predicted molar refractivity (Wildman–Crippen MR) is 117 cm³/mol. The molecule has 1 heterocycles. The highest BCUT2D eigenvalue weighted by molar-refractivity contribution is 5.93. The zero-order valence-electron chi connectivity index (χ0n) is 16.0. The summed E-state index contributed by atoms with van der Waals surface area (Å²) in [6.45, 7) is 2.19. The second kappa shape index (κ2) is 7.01. The van der Waals surface area contributed by atoms with E-state index in [0.29, 0.717) is 0 Å². The van der Waals surface area contributed by atoms with E-state index in [0.717, 1.165) is 29.9 Å². The van der Waals surface area contributed by atoms with Crippen LogP contribution in [0.3, 0.4) is 0 Å². The molecule has 1 aromatic heterocycles. The maximum absolute atomic E-state index is 6.19. The molecule has 0 saturated heterocycles. The van der Waals surface area contributed by atoms with Gasteiger partial charge < -0.3 is 4.42 Å². The molecular formula is C27H22O. The largest absolute Gasteiger partial charge is 0.456 e. The summed E-state index contributed by atoms with van der Waals surface area (Å²) < 4.78 is 6.19. The maximum Gasteiger partial charge on any atom is 0.134 e. The third kappa shape index (κ3) is 2.99. The Morgan fingerprint density at radius 3 is 2.29 bits per heavy atom. The zero-order chi connectivity index (χ0) is 18.9. The van der Waals surface area contributed by atoms with Gasteiger partial charge in [-0.05, 0) is 58.0 Å². The van der Waals surface area contributed by atoms with Crippen molar-refractivity contribution in [1.29, 1.82) is 0 Å². The Morgan fingerprint density at radius 2 is 1.50 bits per heavy atom. The molecule has 0 unspecified atom stereocenters. The molecule has 3 aromatic carbocycles. The van der Waals surface area contributed by atoms with Gasteiger partial charge in [0.15, 0.2) is 0 Å². The van der Waals surface area contributed by atoms with Crippen LogP contribution in [0.1, 0.15) is 29.4 Å². The van der Waals surface area contributed by atoms with Gasteiger partial charge in [-0.2, -0.15) is 0 Å². The van der Waals surface area contributed by atoms with Crippen LogP contribution in [-0.2, 0) is 12.8 Å². The van der Waals surface area contributed by atoms with Crippen molar-refractivity contribution in [3.05, 3.63) is 107 Å². The molecule has 5 rings (SSSR count). The molecule has 1 aliphatic carbocycles.